The second-order valence-electron chi connectivity index (χ2n) is 10.2. The van der Waals surface area contributed by atoms with Gasteiger partial charge < -0.3 is 16.0 Å². The van der Waals surface area contributed by atoms with Crippen molar-refractivity contribution in [3.63, 3.8) is 0 Å². The summed E-state index contributed by atoms with van der Waals surface area (Å²) in [6.45, 7) is 4.20. The molecule has 0 amide bonds. The summed E-state index contributed by atoms with van der Waals surface area (Å²) in [5.41, 5.74) is 8.23. The van der Waals surface area contributed by atoms with Crippen molar-refractivity contribution in [1.29, 1.82) is 0 Å². The standard InChI is InChI=1S/C18H18.C13H13.3C2H6N.Ti/c1-15-7-11-17(12-8-15)5-3-4-6-18-13-9-16(2)10-14-18;1-3-7-12-10(5-1)9-11-6-2-4-8-13(11)12;3*1-3-2;/h3-14H,1-2H3;1,3-5,7-9,11,13H,2,6H2;3*1-2H3;/q;;3*-1;+3. The third-order valence-electron chi connectivity index (χ3n) is 6.43. The first kappa shape index (κ1) is 36.5. The van der Waals surface area contributed by atoms with E-state index in [0.29, 0.717) is 0 Å². The molecule has 0 aromatic heterocycles. The van der Waals surface area contributed by atoms with Crippen molar-refractivity contribution in [3.8, 4) is 0 Å². The molecule has 0 bridgehead atoms. The monoisotopic (exact) mass is 583 g/mol. The number of hydrogen-bond acceptors (Lipinski definition) is 0. The first-order chi connectivity index (χ1) is 19.9. The normalized spacial score (nSPS) is 18.0. The Morgan fingerprint density at radius 2 is 1.05 bits per heavy atom. The zero-order valence-electron chi connectivity index (χ0n) is 26.4. The zero-order chi connectivity index (χ0) is 30.5. The Bertz CT molecular complexity index is 1110. The van der Waals surface area contributed by atoms with Gasteiger partial charge in [0.25, 0.3) is 0 Å². The molecule has 216 valence electrons. The molecule has 0 saturated carbocycles. The van der Waals surface area contributed by atoms with Gasteiger partial charge in [0.1, 0.15) is 0 Å². The maximum absolute atomic E-state index is 3.50. The van der Waals surface area contributed by atoms with E-state index in [1.54, 1.807) is 53.4 Å². The molecule has 2 aliphatic carbocycles. The van der Waals surface area contributed by atoms with E-state index >= 15 is 0 Å². The number of benzene rings is 3. The summed E-state index contributed by atoms with van der Waals surface area (Å²) >= 11 is 2.39. The number of fused-ring (bicyclic) bond motifs is 3. The van der Waals surface area contributed by atoms with Crippen molar-refractivity contribution in [1.82, 2.24) is 0 Å². The van der Waals surface area contributed by atoms with Gasteiger partial charge in [0.05, 0.1) is 0 Å². The first-order valence-corrected chi connectivity index (χ1v) is 15.1. The molecule has 3 unspecified atom stereocenters. The summed E-state index contributed by atoms with van der Waals surface area (Å²) in [5, 5.41) is 10.5. The van der Waals surface area contributed by atoms with Crippen molar-refractivity contribution in [3.05, 3.63) is 146 Å². The molecule has 0 spiro atoms. The predicted octanol–water partition coefficient (Wildman–Crippen LogP) is 10.2. The molecular weight excluding hydrogens is 534 g/mol. The van der Waals surface area contributed by atoms with Crippen LogP contribution in [-0.4, -0.2) is 42.3 Å². The summed E-state index contributed by atoms with van der Waals surface area (Å²) < 4.78 is 0.765. The van der Waals surface area contributed by atoms with Gasteiger partial charge in [-0.05, 0) is 25.0 Å². The third kappa shape index (κ3) is 13.8. The van der Waals surface area contributed by atoms with Crippen molar-refractivity contribution >= 4 is 12.2 Å². The maximum atomic E-state index is 3.50. The predicted molar refractivity (Wildman–Crippen MR) is 180 cm³/mol. The zero-order valence-corrected chi connectivity index (χ0v) is 27.9. The van der Waals surface area contributed by atoms with E-state index in [4.69, 9.17) is 0 Å². The van der Waals surface area contributed by atoms with Gasteiger partial charge in [0.2, 0.25) is 0 Å². The Morgan fingerprint density at radius 3 is 1.49 bits per heavy atom. The van der Waals surface area contributed by atoms with E-state index in [2.05, 4.69) is 159 Å². The van der Waals surface area contributed by atoms with Crippen LogP contribution >= 0.6 is 0 Å². The number of aryl methyl sites for hydroxylation is 2. The molecule has 5 rings (SSSR count). The van der Waals surface area contributed by atoms with Gasteiger partial charge in [-0.25, -0.2) is 0 Å². The van der Waals surface area contributed by atoms with Crippen LogP contribution in [-0.2, 0) is 20.4 Å². The summed E-state index contributed by atoms with van der Waals surface area (Å²) in [7, 11) is 10.5. The number of hydrogen-bond donors (Lipinski definition) is 0. The van der Waals surface area contributed by atoms with Crippen molar-refractivity contribution < 1.29 is 20.4 Å². The quantitative estimate of drug-likeness (QED) is 0.167. The van der Waals surface area contributed by atoms with Crippen LogP contribution in [0.3, 0.4) is 0 Å². The molecule has 3 nitrogen and oxygen atoms in total. The summed E-state index contributed by atoms with van der Waals surface area (Å²) in [6.07, 6.45) is 15.8. The second kappa shape index (κ2) is 22.1. The van der Waals surface area contributed by atoms with Gasteiger partial charge in [-0.2, -0.15) is 42.3 Å². The fourth-order valence-corrected chi connectivity index (χ4v) is 5.57. The molecule has 3 aromatic carbocycles. The van der Waals surface area contributed by atoms with Gasteiger partial charge in [-0.15, -0.1) is 0 Å². The Balaban J connectivity index is 0.000000323. The Morgan fingerprint density at radius 1 is 0.634 bits per heavy atom. The van der Waals surface area contributed by atoms with Gasteiger partial charge in [0, 0.05) is 0 Å². The fraction of sp³-hybridized carbons (Fsp3) is 0.351. The van der Waals surface area contributed by atoms with Gasteiger partial charge >= 0.3 is 96.9 Å². The minimum atomic E-state index is 0.718. The Hall–Kier alpha value is -2.53. The van der Waals surface area contributed by atoms with Crippen LogP contribution in [0.2, 0.25) is 0 Å². The topological polar surface area (TPSA) is 42.3 Å². The Kier molecular flexibility index (Phi) is 19.7. The molecular formula is C37H49N3Ti. The van der Waals surface area contributed by atoms with E-state index < -0.39 is 0 Å². The van der Waals surface area contributed by atoms with E-state index in [-0.39, 0.29) is 0 Å². The minimum absolute atomic E-state index is 0.718. The van der Waals surface area contributed by atoms with Gasteiger partial charge in [-0.1, -0.05) is 84.0 Å². The fourth-order valence-electron chi connectivity index (χ4n) is 4.58. The van der Waals surface area contributed by atoms with Crippen molar-refractivity contribution in [2.24, 2.45) is 5.92 Å². The number of allylic oxidation sites excluding steroid dienone is 4. The summed E-state index contributed by atoms with van der Waals surface area (Å²) in [6, 6.07) is 26.0. The average Bonchev–Trinajstić information content (AvgIpc) is 3.27. The first-order valence-electron chi connectivity index (χ1n) is 14.2. The number of nitrogens with zero attached hydrogens (tertiary/aromatic N) is 3. The summed E-state index contributed by atoms with van der Waals surface area (Å²) in [4.78, 5) is 0. The van der Waals surface area contributed by atoms with Crippen molar-refractivity contribution in [2.75, 3.05) is 42.3 Å². The van der Waals surface area contributed by atoms with Crippen molar-refractivity contribution in [2.45, 2.75) is 36.8 Å². The van der Waals surface area contributed by atoms with E-state index in [0.717, 1.165) is 16.1 Å². The molecule has 2 aliphatic rings. The molecule has 0 fully saturated rings. The molecule has 0 radical (unpaired) electrons. The molecule has 3 aromatic rings. The van der Waals surface area contributed by atoms with Crippen LogP contribution in [0.5, 0.6) is 0 Å². The summed E-state index contributed by atoms with van der Waals surface area (Å²) in [5.74, 6) is 1.59. The average molecular weight is 584 g/mol. The van der Waals surface area contributed by atoms with Crippen LogP contribution in [0.1, 0.15) is 56.4 Å². The van der Waals surface area contributed by atoms with E-state index in [1.165, 1.54) is 35.1 Å². The van der Waals surface area contributed by atoms with Gasteiger partial charge in [-0.3, -0.25) is 0 Å². The van der Waals surface area contributed by atoms with Crippen LogP contribution in [0.25, 0.3) is 28.1 Å². The molecule has 3 atom stereocenters. The van der Waals surface area contributed by atoms with Crippen LogP contribution < -0.4 is 0 Å². The molecule has 0 aliphatic heterocycles. The molecule has 0 N–H and O–H groups in total. The van der Waals surface area contributed by atoms with Crippen LogP contribution in [0, 0.1) is 19.8 Å². The van der Waals surface area contributed by atoms with E-state index in [1.807, 2.05) is 0 Å². The van der Waals surface area contributed by atoms with Crippen LogP contribution in [0.15, 0.2) is 97.1 Å². The van der Waals surface area contributed by atoms with Gasteiger partial charge in [0.15, 0.2) is 0 Å². The Labute approximate surface area is 263 Å². The molecule has 4 heteroatoms. The molecule has 0 heterocycles. The van der Waals surface area contributed by atoms with E-state index in [9.17, 15) is 0 Å². The molecule has 41 heavy (non-hydrogen) atoms. The second-order valence-corrected chi connectivity index (χ2v) is 11.2. The number of rotatable bonds is 3. The SMILES string of the molecule is C[N-]C.C[N-]C.C[N-]C.Cc1ccc(C=CC=Cc2ccc(C)cc2)cc1.[Ti+3][CH]1c2ccccc2C2C=CCCC12. The molecule has 0 saturated heterocycles. The van der Waals surface area contributed by atoms with Crippen LogP contribution in [0.4, 0.5) is 0 Å². The third-order valence-corrected chi connectivity index (χ3v) is 7.59.